The summed E-state index contributed by atoms with van der Waals surface area (Å²) in [4.78, 5) is 0.127. The van der Waals surface area contributed by atoms with E-state index in [1.165, 1.54) is 12.1 Å². The summed E-state index contributed by atoms with van der Waals surface area (Å²) in [6.07, 6.45) is 1.75. The van der Waals surface area contributed by atoms with Gasteiger partial charge in [-0.05, 0) is 44.4 Å². The van der Waals surface area contributed by atoms with Crippen molar-refractivity contribution in [3.8, 4) is 0 Å². The van der Waals surface area contributed by atoms with Gasteiger partial charge in [0, 0.05) is 12.6 Å². The normalized spacial score (nSPS) is 21.1. The first-order chi connectivity index (χ1) is 9.31. The van der Waals surface area contributed by atoms with E-state index in [1.54, 1.807) is 13.8 Å². The molecule has 1 heterocycles. The lowest BCUT2D eigenvalue weighted by molar-refractivity contribution is 0.0902. The molecule has 0 amide bonds. The predicted molar refractivity (Wildman–Crippen MR) is 79.4 cm³/mol. The molecular weight excluding hydrogens is 300 g/mol. The second-order valence-corrected chi connectivity index (χ2v) is 7.20. The van der Waals surface area contributed by atoms with Crippen molar-refractivity contribution < 1.29 is 13.2 Å². The summed E-state index contributed by atoms with van der Waals surface area (Å²) in [6.45, 7) is 4.21. The summed E-state index contributed by atoms with van der Waals surface area (Å²) in [5.74, 6) is 0. The van der Waals surface area contributed by atoms with Crippen molar-refractivity contribution in [2.45, 2.75) is 43.7 Å². The molecule has 0 saturated carbocycles. The fourth-order valence-electron chi connectivity index (χ4n) is 2.30. The van der Waals surface area contributed by atoms with Gasteiger partial charge in [-0.1, -0.05) is 11.6 Å². The first kappa shape index (κ1) is 15.6. The van der Waals surface area contributed by atoms with Gasteiger partial charge < -0.3 is 10.5 Å². The van der Waals surface area contributed by atoms with Crippen LogP contribution >= 0.6 is 11.6 Å². The fraction of sp³-hybridized carbons (Fsp3) is 0.538. The van der Waals surface area contributed by atoms with Crippen LogP contribution in [0.1, 0.15) is 25.3 Å². The molecule has 0 spiro atoms. The Hall–Kier alpha value is -0.820. The maximum atomic E-state index is 12.3. The molecule has 0 aromatic heterocycles. The van der Waals surface area contributed by atoms with Crippen molar-refractivity contribution in [1.82, 2.24) is 4.72 Å². The SMILES string of the molecule is Cc1cc(S(=O)(=O)NC(C)C2CCCO2)cc(N)c1Cl. The Morgan fingerprint density at radius 3 is 2.75 bits per heavy atom. The Kier molecular flexibility index (Phi) is 4.59. The molecule has 5 nitrogen and oxygen atoms in total. The highest BCUT2D eigenvalue weighted by molar-refractivity contribution is 7.89. The molecule has 1 fully saturated rings. The van der Waals surface area contributed by atoms with E-state index in [9.17, 15) is 8.42 Å². The van der Waals surface area contributed by atoms with Gasteiger partial charge in [0.25, 0.3) is 0 Å². The number of halogens is 1. The highest BCUT2D eigenvalue weighted by atomic mass is 35.5. The quantitative estimate of drug-likeness (QED) is 0.833. The first-order valence-electron chi connectivity index (χ1n) is 6.51. The fourth-order valence-corrected chi connectivity index (χ4v) is 3.80. The van der Waals surface area contributed by atoms with E-state index in [4.69, 9.17) is 22.1 Å². The number of aryl methyl sites for hydroxylation is 1. The number of rotatable bonds is 4. The molecule has 0 aliphatic carbocycles. The molecule has 2 rings (SSSR count). The molecule has 20 heavy (non-hydrogen) atoms. The Balaban J connectivity index is 2.21. The van der Waals surface area contributed by atoms with E-state index >= 15 is 0 Å². The van der Waals surface area contributed by atoms with Gasteiger partial charge >= 0.3 is 0 Å². The lowest BCUT2D eigenvalue weighted by Gasteiger charge is -2.20. The highest BCUT2D eigenvalue weighted by Gasteiger charge is 2.27. The van der Waals surface area contributed by atoms with E-state index in [-0.39, 0.29) is 22.7 Å². The van der Waals surface area contributed by atoms with Gasteiger partial charge in [0.05, 0.1) is 21.7 Å². The maximum Gasteiger partial charge on any atom is 0.240 e. The van der Waals surface area contributed by atoms with Crippen LogP contribution in [-0.2, 0) is 14.8 Å². The molecule has 7 heteroatoms. The number of hydrogen-bond acceptors (Lipinski definition) is 4. The van der Waals surface area contributed by atoms with E-state index in [1.807, 2.05) is 0 Å². The third-order valence-corrected chi connectivity index (χ3v) is 5.48. The third-order valence-electron chi connectivity index (χ3n) is 3.43. The Labute approximate surface area is 124 Å². The van der Waals surface area contributed by atoms with Crippen LogP contribution in [0.2, 0.25) is 5.02 Å². The van der Waals surface area contributed by atoms with Crippen molar-refractivity contribution in [3.05, 3.63) is 22.7 Å². The molecule has 2 unspecified atom stereocenters. The second-order valence-electron chi connectivity index (χ2n) is 5.10. The van der Waals surface area contributed by atoms with Crippen molar-refractivity contribution in [2.24, 2.45) is 0 Å². The average Bonchev–Trinajstić information content (AvgIpc) is 2.88. The van der Waals surface area contributed by atoms with Crippen molar-refractivity contribution in [2.75, 3.05) is 12.3 Å². The number of anilines is 1. The Morgan fingerprint density at radius 1 is 1.50 bits per heavy atom. The zero-order valence-electron chi connectivity index (χ0n) is 11.5. The van der Waals surface area contributed by atoms with E-state index in [0.717, 1.165) is 12.8 Å². The van der Waals surface area contributed by atoms with Crippen LogP contribution in [0.15, 0.2) is 17.0 Å². The number of nitrogens with one attached hydrogen (secondary N) is 1. The van der Waals surface area contributed by atoms with Crippen LogP contribution in [0, 0.1) is 6.92 Å². The summed E-state index contributed by atoms with van der Waals surface area (Å²) >= 11 is 5.95. The maximum absolute atomic E-state index is 12.3. The van der Waals surface area contributed by atoms with Gasteiger partial charge in [-0.25, -0.2) is 13.1 Å². The zero-order valence-corrected chi connectivity index (χ0v) is 13.1. The minimum Gasteiger partial charge on any atom is -0.397 e. The molecule has 2 atom stereocenters. The first-order valence-corrected chi connectivity index (χ1v) is 8.37. The van der Waals surface area contributed by atoms with Gasteiger partial charge in [0.15, 0.2) is 0 Å². The number of hydrogen-bond donors (Lipinski definition) is 2. The molecule has 1 saturated heterocycles. The van der Waals surface area contributed by atoms with Crippen LogP contribution in [0.3, 0.4) is 0 Å². The van der Waals surface area contributed by atoms with E-state index in [0.29, 0.717) is 17.2 Å². The monoisotopic (exact) mass is 318 g/mol. The minimum atomic E-state index is -3.63. The topological polar surface area (TPSA) is 81.4 Å². The van der Waals surface area contributed by atoms with Gasteiger partial charge in [-0.3, -0.25) is 0 Å². The summed E-state index contributed by atoms with van der Waals surface area (Å²) in [5, 5.41) is 0.385. The average molecular weight is 319 g/mol. The summed E-state index contributed by atoms with van der Waals surface area (Å²) in [7, 11) is -3.63. The van der Waals surface area contributed by atoms with Crippen LogP contribution < -0.4 is 10.5 Å². The van der Waals surface area contributed by atoms with Crippen LogP contribution in [-0.4, -0.2) is 27.2 Å². The number of nitrogen functional groups attached to an aromatic ring is 1. The minimum absolute atomic E-state index is 0.0736. The lowest BCUT2D eigenvalue weighted by Crippen LogP contribution is -2.40. The highest BCUT2D eigenvalue weighted by Crippen LogP contribution is 2.27. The standard InChI is InChI=1S/C13H19ClN2O3S/c1-8-6-10(7-11(15)13(8)14)20(17,18)16-9(2)12-4-3-5-19-12/h6-7,9,12,16H,3-5,15H2,1-2H3. The molecule has 112 valence electrons. The number of sulfonamides is 1. The second kappa shape index (κ2) is 5.89. The molecular formula is C13H19ClN2O3S. The molecule has 1 aromatic carbocycles. The van der Waals surface area contributed by atoms with Gasteiger partial charge in [-0.15, -0.1) is 0 Å². The largest absolute Gasteiger partial charge is 0.397 e. The Bertz CT molecular complexity index is 575. The number of benzene rings is 1. The van der Waals surface area contributed by atoms with Gasteiger partial charge in [0.2, 0.25) is 10.0 Å². The molecule has 0 bridgehead atoms. The zero-order chi connectivity index (χ0) is 14.9. The molecule has 1 aliphatic rings. The smallest absolute Gasteiger partial charge is 0.240 e. The van der Waals surface area contributed by atoms with Crippen LogP contribution in [0.25, 0.3) is 0 Å². The van der Waals surface area contributed by atoms with Crippen molar-refractivity contribution in [1.29, 1.82) is 0 Å². The molecule has 3 N–H and O–H groups in total. The van der Waals surface area contributed by atoms with Crippen LogP contribution in [0.5, 0.6) is 0 Å². The molecule has 0 radical (unpaired) electrons. The van der Waals surface area contributed by atoms with Crippen LogP contribution in [0.4, 0.5) is 5.69 Å². The van der Waals surface area contributed by atoms with E-state index in [2.05, 4.69) is 4.72 Å². The molecule has 1 aromatic rings. The van der Waals surface area contributed by atoms with Gasteiger partial charge in [-0.2, -0.15) is 0 Å². The Morgan fingerprint density at radius 2 is 2.20 bits per heavy atom. The summed E-state index contributed by atoms with van der Waals surface area (Å²) in [6, 6.07) is 2.61. The van der Waals surface area contributed by atoms with Crippen molar-refractivity contribution >= 4 is 27.3 Å². The predicted octanol–water partition coefficient (Wildman–Crippen LogP) is 2.08. The van der Waals surface area contributed by atoms with Gasteiger partial charge in [0.1, 0.15) is 0 Å². The third kappa shape index (κ3) is 3.25. The summed E-state index contributed by atoms with van der Waals surface area (Å²) < 4.78 is 32.8. The van der Waals surface area contributed by atoms with E-state index < -0.39 is 10.0 Å². The lowest BCUT2D eigenvalue weighted by atomic mass is 10.1. The molecule has 1 aliphatic heterocycles. The number of nitrogens with two attached hydrogens (primary N) is 1. The van der Waals surface area contributed by atoms with Crippen molar-refractivity contribution in [3.63, 3.8) is 0 Å². The number of ether oxygens (including phenoxy) is 1. The summed E-state index contributed by atoms with van der Waals surface area (Å²) in [5.41, 5.74) is 6.62.